The Bertz CT molecular complexity index is 508. The van der Waals surface area contributed by atoms with E-state index in [4.69, 9.17) is 11.6 Å². The molecule has 2 heterocycles. The van der Waals surface area contributed by atoms with E-state index in [-0.39, 0.29) is 5.91 Å². The van der Waals surface area contributed by atoms with Gasteiger partial charge in [0.1, 0.15) is 0 Å². The monoisotopic (exact) mass is 342 g/mol. The molecule has 2 aliphatic rings. The highest BCUT2D eigenvalue weighted by Gasteiger charge is 2.31. The molecule has 0 spiro atoms. The number of rotatable bonds is 1. The summed E-state index contributed by atoms with van der Waals surface area (Å²) < 4.78 is 0.773. The molecule has 2 saturated heterocycles. The summed E-state index contributed by atoms with van der Waals surface area (Å²) in [5.41, 5.74) is 0.703. The molecule has 3 nitrogen and oxygen atoms in total. The van der Waals surface area contributed by atoms with Gasteiger partial charge in [0.05, 0.1) is 5.02 Å². The summed E-state index contributed by atoms with van der Waals surface area (Å²) in [6, 6.07) is 6.43. The van der Waals surface area contributed by atoms with Crippen LogP contribution in [0.25, 0.3) is 0 Å². The lowest BCUT2D eigenvalue weighted by Gasteiger charge is -2.24. The minimum absolute atomic E-state index is 0.103. The first-order chi connectivity index (χ1) is 9.13. The van der Waals surface area contributed by atoms with E-state index in [0.717, 1.165) is 24.0 Å². The van der Waals surface area contributed by atoms with Gasteiger partial charge >= 0.3 is 0 Å². The lowest BCUT2D eigenvalue weighted by atomic mass is 10.1. The van der Waals surface area contributed by atoms with Crippen molar-refractivity contribution in [1.82, 2.24) is 10.2 Å². The van der Waals surface area contributed by atoms with Gasteiger partial charge in [-0.25, -0.2) is 0 Å². The molecule has 2 aliphatic heterocycles. The van der Waals surface area contributed by atoms with Crippen molar-refractivity contribution in [2.75, 3.05) is 13.1 Å². The average molecular weight is 344 g/mol. The van der Waals surface area contributed by atoms with Crippen LogP contribution < -0.4 is 5.32 Å². The second-order valence-corrected chi connectivity index (χ2v) is 6.57. The Morgan fingerprint density at radius 2 is 2.11 bits per heavy atom. The average Bonchev–Trinajstić information content (AvgIpc) is 2.72. The molecule has 1 amide bonds. The maximum atomic E-state index is 12.5. The Balaban J connectivity index is 1.77. The molecule has 2 unspecified atom stereocenters. The van der Waals surface area contributed by atoms with Crippen LogP contribution in [-0.4, -0.2) is 36.0 Å². The van der Waals surface area contributed by atoms with Crippen molar-refractivity contribution < 1.29 is 4.79 Å². The van der Waals surface area contributed by atoms with Crippen molar-refractivity contribution >= 4 is 33.4 Å². The van der Waals surface area contributed by atoms with Crippen molar-refractivity contribution in [2.24, 2.45) is 0 Å². The number of halogens is 2. The number of likely N-dealkylation sites (tertiary alicyclic amines) is 1. The highest BCUT2D eigenvalue weighted by atomic mass is 79.9. The summed E-state index contributed by atoms with van der Waals surface area (Å²) >= 11 is 9.34. The fraction of sp³-hybridized carbons (Fsp3) is 0.500. The molecular weight excluding hydrogens is 328 g/mol. The summed E-state index contributed by atoms with van der Waals surface area (Å²) in [7, 11) is 0. The maximum Gasteiger partial charge on any atom is 0.253 e. The van der Waals surface area contributed by atoms with Gasteiger partial charge in [0, 0.05) is 35.2 Å². The van der Waals surface area contributed by atoms with Crippen LogP contribution in [0.5, 0.6) is 0 Å². The number of hydrogen-bond acceptors (Lipinski definition) is 2. The molecule has 3 rings (SSSR count). The van der Waals surface area contributed by atoms with Crippen molar-refractivity contribution in [3.8, 4) is 0 Å². The lowest BCUT2D eigenvalue weighted by molar-refractivity contribution is 0.0748. The van der Waals surface area contributed by atoms with Gasteiger partial charge in [0.2, 0.25) is 0 Å². The minimum Gasteiger partial charge on any atom is -0.337 e. The predicted molar refractivity (Wildman–Crippen MR) is 79.6 cm³/mol. The zero-order valence-corrected chi connectivity index (χ0v) is 12.9. The SMILES string of the molecule is O=C(c1ccc(Cl)c(Br)c1)N1CCC2CCC(C1)N2. The molecule has 2 fully saturated rings. The van der Waals surface area contributed by atoms with E-state index >= 15 is 0 Å². The first-order valence-electron chi connectivity index (χ1n) is 6.64. The van der Waals surface area contributed by atoms with Gasteiger partial charge in [-0.1, -0.05) is 11.6 Å². The maximum absolute atomic E-state index is 12.5. The van der Waals surface area contributed by atoms with Crippen molar-refractivity contribution in [2.45, 2.75) is 31.3 Å². The molecule has 0 aromatic heterocycles. The molecule has 1 N–H and O–H groups in total. The third-order valence-corrected chi connectivity index (χ3v) is 5.19. The van der Waals surface area contributed by atoms with E-state index in [9.17, 15) is 4.79 Å². The number of benzene rings is 1. The fourth-order valence-corrected chi connectivity index (χ4v) is 3.44. The van der Waals surface area contributed by atoms with E-state index in [2.05, 4.69) is 21.2 Å². The quantitative estimate of drug-likeness (QED) is 0.850. The second kappa shape index (κ2) is 5.43. The lowest BCUT2D eigenvalue weighted by Crippen LogP contribution is -2.39. The Kier molecular flexibility index (Phi) is 3.83. The first kappa shape index (κ1) is 13.4. The van der Waals surface area contributed by atoms with Crippen LogP contribution in [0.15, 0.2) is 22.7 Å². The molecule has 0 aliphatic carbocycles. The van der Waals surface area contributed by atoms with Crippen LogP contribution in [0, 0.1) is 0 Å². The van der Waals surface area contributed by atoms with E-state index in [1.54, 1.807) is 18.2 Å². The van der Waals surface area contributed by atoms with Gasteiger partial charge in [-0.05, 0) is 53.4 Å². The summed E-state index contributed by atoms with van der Waals surface area (Å²) in [6.45, 7) is 1.66. The van der Waals surface area contributed by atoms with Gasteiger partial charge in [0.25, 0.3) is 5.91 Å². The summed E-state index contributed by atoms with van der Waals surface area (Å²) in [5, 5.41) is 4.22. The van der Waals surface area contributed by atoms with Crippen LogP contribution in [0.3, 0.4) is 0 Å². The first-order valence-corrected chi connectivity index (χ1v) is 7.81. The van der Waals surface area contributed by atoms with E-state index in [1.165, 1.54) is 12.8 Å². The summed E-state index contributed by atoms with van der Waals surface area (Å²) in [5.74, 6) is 0.103. The van der Waals surface area contributed by atoms with Crippen LogP contribution in [0.4, 0.5) is 0 Å². The molecule has 5 heteroatoms. The Hall–Kier alpha value is -0.580. The molecule has 0 radical (unpaired) electrons. The largest absolute Gasteiger partial charge is 0.337 e. The number of carbonyl (C=O) groups is 1. The van der Waals surface area contributed by atoms with Crippen molar-refractivity contribution in [1.29, 1.82) is 0 Å². The molecule has 2 atom stereocenters. The van der Waals surface area contributed by atoms with Crippen molar-refractivity contribution in [3.63, 3.8) is 0 Å². The van der Waals surface area contributed by atoms with Gasteiger partial charge in [-0.15, -0.1) is 0 Å². The predicted octanol–water partition coefficient (Wildman–Crippen LogP) is 3.07. The second-order valence-electron chi connectivity index (χ2n) is 5.31. The Morgan fingerprint density at radius 3 is 2.89 bits per heavy atom. The third-order valence-electron chi connectivity index (χ3n) is 3.98. The topological polar surface area (TPSA) is 32.3 Å². The molecule has 19 heavy (non-hydrogen) atoms. The number of nitrogens with zero attached hydrogens (tertiary/aromatic N) is 1. The minimum atomic E-state index is 0.103. The van der Waals surface area contributed by atoms with Crippen LogP contribution in [-0.2, 0) is 0 Å². The Labute approximate surface area is 126 Å². The van der Waals surface area contributed by atoms with Gasteiger partial charge < -0.3 is 10.2 Å². The number of nitrogens with one attached hydrogen (secondary N) is 1. The highest BCUT2D eigenvalue weighted by molar-refractivity contribution is 9.10. The number of carbonyl (C=O) groups excluding carboxylic acids is 1. The molecule has 0 saturated carbocycles. The standard InChI is InChI=1S/C14H16BrClN2O/c15-12-7-9(1-4-13(12)16)14(19)18-6-5-10-2-3-11(8-18)17-10/h1,4,7,10-11,17H,2-3,5-6,8H2. The fourth-order valence-electron chi connectivity index (χ4n) is 2.94. The van der Waals surface area contributed by atoms with Crippen LogP contribution in [0.2, 0.25) is 5.02 Å². The van der Waals surface area contributed by atoms with Gasteiger partial charge in [-0.3, -0.25) is 4.79 Å². The van der Waals surface area contributed by atoms with E-state index in [1.807, 2.05) is 4.90 Å². The van der Waals surface area contributed by atoms with E-state index in [0.29, 0.717) is 22.7 Å². The third kappa shape index (κ3) is 2.81. The highest BCUT2D eigenvalue weighted by Crippen LogP contribution is 2.25. The zero-order valence-electron chi connectivity index (χ0n) is 10.5. The van der Waals surface area contributed by atoms with Gasteiger partial charge in [0.15, 0.2) is 0 Å². The molecule has 2 bridgehead atoms. The van der Waals surface area contributed by atoms with Crippen molar-refractivity contribution in [3.05, 3.63) is 33.3 Å². The number of fused-ring (bicyclic) bond motifs is 2. The normalized spacial score (nSPS) is 26.3. The Morgan fingerprint density at radius 1 is 1.32 bits per heavy atom. The van der Waals surface area contributed by atoms with Crippen LogP contribution >= 0.6 is 27.5 Å². The molecule has 1 aromatic carbocycles. The zero-order chi connectivity index (χ0) is 13.4. The summed E-state index contributed by atoms with van der Waals surface area (Å²) in [4.78, 5) is 14.5. The molecular formula is C14H16BrClN2O. The number of hydrogen-bond donors (Lipinski definition) is 1. The van der Waals surface area contributed by atoms with E-state index < -0.39 is 0 Å². The molecule has 102 valence electrons. The number of amides is 1. The molecule has 1 aromatic rings. The van der Waals surface area contributed by atoms with Gasteiger partial charge in [-0.2, -0.15) is 0 Å². The van der Waals surface area contributed by atoms with Crippen LogP contribution in [0.1, 0.15) is 29.6 Å². The smallest absolute Gasteiger partial charge is 0.253 e. The summed E-state index contributed by atoms with van der Waals surface area (Å²) in [6.07, 6.45) is 3.48.